The third-order valence-electron chi connectivity index (χ3n) is 2.94. The highest BCUT2D eigenvalue weighted by Crippen LogP contribution is 2.44. The van der Waals surface area contributed by atoms with Crippen LogP contribution in [0.5, 0.6) is 0 Å². The van der Waals surface area contributed by atoms with E-state index in [9.17, 15) is 24.2 Å². The van der Waals surface area contributed by atoms with Crippen LogP contribution in [0.2, 0.25) is 0 Å². The van der Waals surface area contributed by atoms with Crippen LogP contribution in [-0.4, -0.2) is 53.1 Å². The zero-order valence-corrected chi connectivity index (χ0v) is 15.6. The van der Waals surface area contributed by atoms with Gasteiger partial charge in [0.25, 0.3) is 0 Å². The van der Waals surface area contributed by atoms with Crippen molar-refractivity contribution in [1.82, 2.24) is 5.32 Å². The quantitative estimate of drug-likeness (QED) is 0.465. The van der Waals surface area contributed by atoms with Gasteiger partial charge in [-0.3, -0.25) is 18.6 Å². The minimum atomic E-state index is -4.17. The number of thioether (sulfide) groups is 1. The normalized spacial score (nSPS) is 15.7. The summed E-state index contributed by atoms with van der Waals surface area (Å²) in [6.07, 6.45) is -0.390. The zero-order valence-electron chi connectivity index (χ0n) is 13.9. The van der Waals surface area contributed by atoms with E-state index in [0.29, 0.717) is 6.54 Å². The lowest BCUT2D eigenvalue weighted by molar-refractivity contribution is -0.125. The van der Waals surface area contributed by atoms with E-state index in [4.69, 9.17) is 4.52 Å². The Hall–Kier alpha value is -0.440. The highest BCUT2D eigenvalue weighted by Gasteiger charge is 2.36. The molecule has 0 aromatic carbocycles. The highest BCUT2D eigenvalue weighted by atomic mass is 32.2. The molecule has 136 valence electrons. The maximum atomic E-state index is 11.9. The molecule has 0 aromatic heterocycles. The summed E-state index contributed by atoms with van der Waals surface area (Å²) in [5.41, 5.74) is -1.08. The fourth-order valence-corrected chi connectivity index (χ4v) is 2.94. The van der Waals surface area contributed by atoms with E-state index in [1.165, 1.54) is 13.8 Å². The van der Waals surface area contributed by atoms with Gasteiger partial charge in [-0.15, -0.1) is 0 Å². The molecule has 1 amide bonds. The zero-order chi connectivity index (χ0) is 18.1. The van der Waals surface area contributed by atoms with Gasteiger partial charge in [-0.1, -0.05) is 32.5 Å². The molecule has 0 spiro atoms. The van der Waals surface area contributed by atoms with E-state index in [0.717, 1.165) is 25.3 Å². The SMILES string of the molecule is CCCNC(=O)CCSC(=O)C(O)C(C)(C)COP(=O)(O)OC. The molecule has 0 aromatic rings. The third-order valence-corrected chi connectivity index (χ3v) is 4.77. The Morgan fingerprint density at radius 1 is 1.39 bits per heavy atom. The number of carbonyl (C=O) groups is 2. The average molecular weight is 371 g/mol. The first-order valence-electron chi connectivity index (χ1n) is 7.20. The lowest BCUT2D eigenvalue weighted by atomic mass is 9.88. The van der Waals surface area contributed by atoms with Gasteiger partial charge in [0, 0.05) is 31.2 Å². The van der Waals surface area contributed by atoms with Gasteiger partial charge in [0.05, 0.1) is 6.61 Å². The number of rotatable bonds is 11. The summed E-state index contributed by atoms with van der Waals surface area (Å²) < 4.78 is 20.2. The minimum Gasteiger partial charge on any atom is -0.384 e. The van der Waals surface area contributed by atoms with Crippen molar-refractivity contribution in [3.05, 3.63) is 0 Å². The van der Waals surface area contributed by atoms with Crippen LogP contribution in [0, 0.1) is 5.41 Å². The van der Waals surface area contributed by atoms with Crippen LogP contribution in [0.25, 0.3) is 0 Å². The first-order valence-corrected chi connectivity index (χ1v) is 9.68. The first kappa shape index (κ1) is 22.6. The molecule has 0 fully saturated rings. The molecule has 0 radical (unpaired) electrons. The largest absolute Gasteiger partial charge is 0.471 e. The topological polar surface area (TPSA) is 122 Å². The van der Waals surface area contributed by atoms with Crippen molar-refractivity contribution in [1.29, 1.82) is 0 Å². The fourth-order valence-electron chi connectivity index (χ4n) is 1.37. The number of carbonyl (C=O) groups excluding carboxylic acids is 2. The van der Waals surface area contributed by atoms with E-state index < -0.39 is 24.5 Å². The second-order valence-electron chi connectivity index (χ2n) is 5.58. The summed E-state index contributed by atoms with van der Waals surface area (Å²) in [6, 6.07) is 0. The van der Waals surface area contributed by atoms with Crippen LogP contribution >= 0.6 is 19.6 Å². The molecule has 3 N–H and O–H groups in total. The summed E-state index contributed by atoms with van der Waals surface area (Å²) >= 11 is 0.844. The van der Waals surface area contributed by atoms with Gasteiger partial charge in [0.15, 0.2) is 0 Å². The molecule has 2 unspecified atom stereocenters. The third kappa shape index (κ3) is 9.44. The van der Waals surface area contributed by atoms with Crippen molar-refractivity contribution < 1.29 is 33.2 Å². The van der Waals surface area contributed by atoms with Crippen molar-refractivity contribution in [3.63, 3.8) is 0 Å². The summed E-state index contributed by atoms with van der Waals surface area (Å²) in [6.45, 7) is 5.25. The Kier molecular flexibility index (Phi) is 10.2. The molecular formula is C13H26NO7PS. The van der Waals surface area contributed by atoms with E-state index in [-0.39, 0.29) is 24.7 Å². The average Bonchev–Trinajstić information content (AvgIpc) is 2.50. The van der Waals surface area contributed by atoms with Crippen molar-refractivity contribution in [2.24, 2.45) is 5.41 Å². The molecule has 0 heterocycles. The molecule has 23 heavy (non-hydrogen) atoms. The molecule has 0 bridgehead atoms. The molecular weight excluding hydrogens is 345 g/mol. The lowest BCUT2D eigenvalue weighted by Gasteiger charge is -2.29. The number of amides is 1. The highest BCUT2D eigenvalue weighted by molar-refractivity contribution is 8.13. The molecule has 0 aliphatic carbocycles. The van der Waals surface area contributed by atoms with Crippen LogP contribution in [0.1, 0.15) is 33.6 Å². The smallest absolute Gasteiger partial charge is 0.384 e. The van der Waals surface area contributed by atoms with Gasteiger partial charge < -0.3 is 15.3 Å². The first-order chi connectivity index (χ1) is 10.6. The number of nitrogens with one attached hydrogen (secondary N) is 1. The van der Waals surface area contributed by atoms with Crippen molar-refractivity contribution in [2.45, 2.75) is 39.7 Å². The Morgan fingerprint density at radius 3 is 2.52 bits per heavy atom. The Labute approximate surface area is 140 Å². The van der Waals surface area contributed by atoms with Crippen LogP contribution in [-0.2, 0) is 23.2 Å². The number of hydrogen-bond donors (Lipinski definition) is 3. The lowest BCUT2D eigenvalue weighted by Crippen LogP contribution is -2.38. The number of phosphoric acid groups is 1. The predicted molar refractivity (Wildman–Crippen MR) is 88.0 cm³/mol. The molecule has 0 aliphatic rings. The van der Waals surface area contributed by atoms with Gasteiger partial charge in [-0.25, -0.2) is 4.57 Å². The second kappa shape index (κ2) is 10.4. The summed E-state index contributed by atoms with van der Waals surface area (Å²) in [7, 11) is -3.14. The van der Waals surface area contributed by atoms with Crippen LogP contribution in [0.15, 0.2) is 0 Å². The Morgan fingerprint density at radius 2 is 2.00 bits per heavy atom. The molecule has 0 saturated carbocycles. The van der Waals surface area contributed by atoms with Gasteiger partial charge in [-0.05, 0) is 6.42 Å². The standard InChI is InChI=1S/C13H26NO7PS/c1-5-7-14-10(15)6-8-23-12(17)11(16)13(2,3)9-21-22(18,19)20-4/h11,16H,5-9H2,1-4H3,(H,14,15)(H,18,19). The van der Waals surface area contributed by atoms with Crippen LogP contribution < -0.4 is 5.32 Å². The predicted octanol–water partition coefficient (Wildman–Crippen LogP) is 1.31. The van der Waals surface area contributed by atoms with Crippen molar-refractivity contribution in [2.75, 3.05) is 26.0 Å². The number of aliphatic hydroxyl groups excluding tert-OH is 1. The molecule has 10 heteroatoms. The summed E-state index contributed by atoms with van der Waals surface area (Å²) in [5.74, 6) is 0.101. The van der Waals surface area contributed by atoms with Gasteiger partial charge >= 0.3 is 7.82 Å². The molecule has 8 nitrogen and oxygen atoms in total. The van der Waals surface area contributed by atoms with E-state index in [1.807, 2.05) is 6.92 Å². The minimum absolute atomic E-state index is 0.148. The van der Waals surface area contributed by atoms with E-state index in [1.54, 1.807) is 0 Å². The summed E-state index contributed by atoms with van der Waals surface area (Å²) in [4.78, 5) is 32.5. The Bertz CT molecular complexity index is 444. The number of hydrogen-bond acceptors (Lipinski definition) is 7. The Balaban J connectivity index is 4.30. The maximum Gasteiger partial charge on any atom is 0.471 e. The number of aliphatic hydroxyl groups is 1. The summed E-state index contributed by atoms with van der Waals surface area (Å²) in [5, 5.41) is 12.2. The number of phosphoric ester groups is 1. The second-order valence-corrected chi connectivity index (χ2v) is 8.24. The molecule has 0 rings (SSSR count). The van der Waals surface area contributed by atoms with Crippen LogP contribution in [0.4, 0.5) is 0 Å². The van der Waals surface area contributed by atoms with Gasteiger partial charge in [0.2, 0.25) is 11.0 Å². The van der Waals surface area contributed by atoms with Crippen molar-refractivity contribution in [3.8, 4) is 0 Å². The van der Waals surface area contributed by atoms with E-state index >= 15 is 0 Å². The fraction of sp³-hybridized carbons (Fsp3) is 0.846. The van der Waals surface area contributed by atoms with Crippen molar-refractivity contribution >= 4 is 30.6 Å². The van der Waals surface area contributed by atoms with E-state index in [2.05, 4.69) is 9.84 Å². The molecule has 0 saturated heterocycles. The van der Waals surface area contributed by atoms with Crippen LogP contribution in [0.3, 0.4) is 0 Å². The van der Waals surface area contributed by atoms with Gasteiger partial charge in [0.1, 0.15) is 6.10 Å². The monoisotopic (exact) mass is 371 g/mol. The molecule has 2 atom stereocenters. The molecule has 0 aliphatic heterocycles. The van der Waals surface area contributed by atoms with Gasteiger partial charge in [-0.2, -0.15) is 0 Å². The maximum absolute atomic E-state index is 11.9.